The first-order valence-electron chi connectivity index (χ1n) is 25.1. The van der Waals surface area contributed by atoms with Crippen LogP contribution in [0.1, 0.15) is 8.22 Å². The van der Waals surface area contributed by atoms with Crippen molar-refractivity contribution in [1.29, 1.82) is 0 Å². The van der Waals surface area contributed by atoms with Crippen molar-refractivity contribution in [3.05, 3.63) is 249 Å². The molecule has 314 valence electrons. The number of hydrogen-bond donors (Lipinski definition) is 0. The minimum atomic E-state index is -0.288. The Balaban J connectivity index is 1.06. The lowest BCUT2D eigenvalue weighted by molar-refractivity contribution is 1.07. The van der Waals surface area contributed by atoms with Crippen LogP contribution in [0.5, 0.6) is 0 Å². The number of rotatable bonds is 9. The molecule has 67 heavy (non-hydrogen) atoms. The summed E-state index contributed by atoms with van der Waals surface area (Å²) in [6.45, 7) is 0. The number of nitrogens with zero attached hydrogens (tertiary/aromatic N) is 3. The Morgan fingerprint density at radius 1 is 0.269 bits per heavy atom. The average Bonchev–Trinajstić information content (AvgIpc) is 3.87. The summed E-state index contributed by atoms with van der Waals surface area (Å²) in [4.78, 5) is 15.3. The van der Waals surface area contributed by atoms with Crippen molar-refractivity contribution < 1.29 is 8.22 Å². The normalized spacial score (nSPS) is 12.5. The third-order valence-corrected chi connectivity index (χ3v) is 13.0. The molecule has 0 unspecified atom stereocenters. The largest absolute Gasteiger partial charge is 0.208 e. The zero-order valence-electron chi connectivity index (χ0n) is 42.0. The second-order valence-corrected chi connectivity index (χ2v) is 17.3. The molecule has 2 heterocycles. The van der Waals surface area contributed by atoms with Gasteiger partial charge in [0.15, 0.2) is 17.5 Å². The van der Waals surface area contributed by atoms with Crippen molar-refractivity contribution >= 4 is 31.5 Å². The van der Waals surface area contributed by atoms with Gasteiger partial charge in [-0.25, -0.2) is 15.0 Å². The van der Waals surface area contributed by atoms with Gasteiger partial charge in [-0.15, -0.1) is 11.3 Å². The molecule has 12 aromatic rings. The Hall–Kier alpha value is -8.57. The maximum absolute atomic E-state index is 9.89. The third-order valence-electron chi connectivity index (χ3n) is 12.0. The standard InChI is InChI=1S/C63H41N3S/c1-5-16-42(17-6-1)48-24-15-25-49(36-48)45-28-30-47(31-29-45)61-64-62(66-63(65-61)54-38-52(43-18-7-2-8-19-43)37-53(39-54)44-20-9-3-10-21-44)51-32-34-57-58-40-50(33-35-59(58)67-60(57)41-51)56-27-14-13-26-55(56)46-22-11-4-12-23-46/h1-41H/i32D,33D,34D,35D,40D,41D. The molecular weight excluding hydrogens is 831 g/mol. The van der Waals surface area contributed by atoms with Crippen LogP contribution in [0.15, 0.2) is 249 Å². The Morgan fingerprint density at radius 3 is 1.28 bits per heavy atom. The van der Waals surface area contributed by atoms with Gasteiger partial charge in [0.25, 0.3) is 0 Å². The molecule has 0 aliphatic rings. The Kier molecular flexibility index (Phi) is 8.81. The highest BCUT2D eigenvalue weighted by molar-refractivity contribution is 7.25. The van der Waals surface area contributed by atoms with Gasteiger partial charge >= 0.3 is 0 Å². The van der Waals surface area contributed by atoms with Crippen molar-refractivity contribution in [3.8, 4) is 101 Å². The average molecular weight is 878 g/mol. The van der Waals surface area contributed by atoms with E-state index in [1.54, 1.807) is 0 Å². The van der Waals surface area contributed by atoms with Gasteiger partial charge in [0.1, 0.15) is 0 Å². The summed E-state index contributed by atoms with van der Waals surface area (Å²) in [6.07, 6.45) is 0. The van der Waals surface area contributed by atoms with Crippen LogP contribution in [0.3, 0.4) is 0 Å². The molecule has 0 saturated heterocycles. The monoisotopic (exact) mass is 877 g/mol. The summed E-state index contributed by atoms with van der Waals surface area (Å²) in [5.41, 5.74) is 12.2. The van der Waals surface area contributed by atoms with E-state index in [2.05, 4.69) is 66.7 Å². The van der Waals surface area contributed by atoms with Crippen LogP contribution in [0.25, 0.3) is 121 Å². The fourth-order valence-electron chi connectivity index (χ4n) is 8.63. The number of aromatic nitrogens is 3. The van der Waals surface area contributed by atoms with E-state index in [1.807, 2.05) is 146 Å². The molecule has 0 aliphatic carbocycles. The Morgan fingerprint density at radius 2 is 0.687 bits per heavy atom. The molecule has 0 aliphatic heterocycles. The first-order valence-corrected chi connectivity index (χ1v) is 22.9. The van der Waals surface area contributed by atoms with Gasteiger partial charge in [-0.2, -0.15) is 0 Å². The van der Waals surface area contributed by atoms with E-state index >= 15 is 0 Å². The summed E-state index contributed by atoms with van der Waals surface area (Å²) < 4.78 is 58.3. The van der Waals surface area contributed by atoms with Crippen LogP contribution < -0.4 is 0 Å². The van der Waals surface area contributed by atoms with Gasteiger partial charge in [-0.05, 0) is 109 Å². The summed E-state index contributed by atoms with van der Waals surface area (Å²) in [6, 6.07) is 69.5. The fraction of sp³-hybridized carbons (Fsp3) is 0. The molecule has 3 nitrogen and oxygen atoms in total. The lowest BCUT2D eigenvalue weighted by atomic mass is 9.94. The van der Waals surface area contributed by atoms with E-state index in [0.717, 1.165) is 67.0 Å². The Labute approximate surface area is 402 Å². The van der Waals surface area contributed by atoms with Gasteiger partial charge < -0.3 is 0 Å². The topological polar surface area (TPSA) is 38.7 Å². The van der Waals surface area contributed by atoms with Gasteiger partial charge in [0.2, 0.25) is 0 Å². The molecule has 0 bridgehead atoms. The summed E-state index contributed by atoms with van der Waals surface area (Å²) >= 11 is 1.09. The molecule has 0 atom stereocenters. The molecule has 0 fully saturated rings. The SMILES string of the molecule is [2H]c1c(-c2ccccc2-c2ccccc2)c([2H])c2c(sc3c([2H])c(-c4nc(-c5ccc(-c6cccc(-c7ccccc7)c6)cc5)nc(-c5cc(-c6ccccc6)cc(-c6ccccc6)c5)n4)c([2H])c([2H])c32)c1[2H]. The quantitative estimate of drug-likeness (QED) is 0.145. The summed E-state index contributed by atoms with van der Waals surface area (Å²) in [5, 5.41) is 0.496. The zero-order chi connectivity index (χ0) is 49.7. The number of fused-ring (bicyclic) bond motifs is 3. The first-order chi connectivity index (χ1) is 35.7. The maximum atomic E-state index is 9.89. The predicted octanol–water partition coefficient (Wildman–Crippen LogP) is 17.2. The van der Waals surface area contributed by atoms with Gasteiger partial charge in [-0.3, -0.25) is 0 Å². The second kappa shape index (κ2) is 17.4. The molecule has 0 radical (unpaired) electrons. The maximum Gasteiger partial charge on any atom is 0.164 e. The third kappa shape index (κ3) is 8.01. The van der Waals surface area contributed by atoms with Crippen LogP contribution in [-0.4, -0.2) is 15.0 Å². The van der Waals surface area contributed by atoms with Crippen molar-refractivity contribution in [1.82, 2.24) is 15.0 Å². The van der Waals surface area contributed by atoms with Crippen LogP contribution >= 0.6 is 11.3 Å². The van der Waals surface area contributed by atoms with Gasteiger partial charge in [-0.1, -0.05) is 206 Å². The molecule has 4 heteroatoms. The lowest BCUT2D eigenvalue weighted by Gasteiger charge is -2.13. The smallest absolute Gasteiger partial charge is 0.164 e. The van der Waals surface area contributed by atoms with E-state index in [9.17, 15) is 8.22 Å². The first kappa shape index (κ1) is 33.9. The van der Waals surface area contributed by atoms with Crippen LogP contribution in [0.4, 0.5) is 0 Å². The highest BCUT2D eigenvalue weighted by atomic mass is 32.1. The van der Waals surface area contributed by atoms with Crippen molar-refractivity contribution in [3.63, 3.8) is 0 Å². The van der Waals surface area contributed by atoms with Crippen LogP contribution in [0, 0.1) is 0 Å². The minimum absolute atomic E-state index is 0.0295. The van der Waals surface area contributed by atoms with Crippen molar-refractivity contribution in [2.24, 2.45) is 0 Å². The van der Waals surface area contributed by atoms with Gasteiger partial charge in [0, 0.05) is 36.9 Å². The molecule has 2 aromatic heterocycles. The van der Waals surface area contributed by atoms with E-state index in [4.69, 9.17) is 15.0 Å². The highest BCUT2D eigenvalue weighted by Gasteiger charge is 2.17. The van der Waals surface area contributed by atoms with E-state index in [-0.39, 0.29) is 64.0 Å². The number of thiophene rings is 1. The van der Waals surface area contributed by atoms with Crippen LogP contribution in [-0.2, 0) is 0 Å². The fourth-order valence-corrected chi connectivity index (χ4v) is 9.60. The molecule has 0 spiro atoms. The molecule has 10 aromatic carbocycles. The predicted molar refractivity (Wildman–Crippen MR) is 282 cm³/mol. The molecule has 0 N–H and O–H groups in total. The zero-order valence-corrected chi connectivity index (χ0v) is 36.8. The number of benzene rings is 10. The van der Waals surface area contributed by atoms with E-state index < -0.39 is 0 Å². The Bertz CT molecular complexity index is 4020. The molecule has 12 rings (SSSR count). The minimum Gasteiger partial charge on any atom is -0.208 e. The lowest BCUT2D eigenvalue weighted by Crippen LogP contribution is -2.00. The van der Waals surface area contributed by atoms with Gasteiger partial charge in [0.05, 0.1) is 8.22 Å². The van der Waals surface area contributed by atoms with E-state index in [0.29, 0.717) is 37.7 Å². The van der Waals surface area contributed by atoms with Crippen LogP contribution in [0.2, 0.25) is 0 Å². The van der Waals surface area contributed by atoms with E-state index in [1.165, 1.54) is 0 Å². The van der Waals surface area contributed by atoms with Crippen molar-refractivity contribution in [2.75, 3.05) is 0 Å². The molecular formula is C63H41N3S. The van der Waals surface area contributed by atoms with Crippen molar-refractivity contribution in [2.45, 2.75) is 0 Å². The molecule has 0 saturated carbocycles. The number of hydrogen-bond acceptors (Lipinski definition) is 4. The summed E-state index contributed by atoms with van der Waals surface area (Å²) in [5.74, 6) is 0.684. The summed E-state index contributed by atoms with van der Waals surface area (Å²) in [7, 11) is 0. The second-order valence-electron chi connectivity index (χ2n) is 16.3. The molecule has 0 amide bonds. The highest BCUT2D eigenvalue weighted by Crippen LogP contribution is 2.41.